The zero-order chi connectivity index (χ0) is 23.5. The lowest BCUT2D eigenvalue weighted by Crippen LogP contribution is -2.42. The van der Waals surface area contributed by atoms with E-state index >= 15 is 0 Å². The molecule has 2 N–H and O–H groups in total. The molecule has 172 valence electrons. The van der Waals surface area contributed by atoms with Crippen LogP contribution in [-0.2, 0) is 4.74 Å². The quantitative estimate of drug-likeness (QED) is 0.750. The Morgan fingerprint density at radius 2 is 1.78 bits per heavy atom. The van der Waals surface area contributed by atoms with Crippen molar-refractivity contribution in [3.8, 4) is 0 Å². The zero-order valence-electron chi connectivity index (χ0n) is 18.8. The van der Waals surface area contributed by atoms with Gasteiger partial charge in [0.25, 0.3) is 11.8 Å². The van der Waals surface area contributed by atoms with E-state index in [2.05, 4.69) is 10.6 Å². The summed E-state index contributed by atoms with van der Waals surface area (Å²) in [6.07, 6.45) is 2.88. The molecule has 0 radical (unpaired) electrons. The highest BCUT2D eigenvalue weighted by molar-refractivity contribution is 6.04. The molecule has 1 aromatic heterocycles. The Labute approximate surface area is 186 Å². The van der Waals surface area contributed by atoms with Gasteiger partial charge in [0, 0.05) is 38.1 Å². The van der Waals surface area contributed by atoms with E-state index in [1.165, 1.54) is 19.2 Å². The first-order valence-corrected chi connectivity index (χ1v) is 10.6. The number of ether oxygens (including phenoxy) is 1. The summed E-state index contributed by atoms with van der Waals surface area (Å²) in [6.45, 7) is 6.57. The van der Waals surface area contributed by atoms with Crippen molar-refractivity contribution in [2.45, 2.75) is 45.3 Å². The molecule has 1 fully saturated rings. The fraction of sp³-hybridized carbons (Fsp3) is 0.435. The molecule has 32 heavy (non-hydrogen) atoms. The Hall–Kier alpha value is -3.36. The fourth-order valence-electron chi connectivity index (χ4n) is 3.66. The van der Waals surface area contributed by atoms with E-state index in [1.807, 2.05) is 31.5 Å². The van der Waals surface area contributed by atoms with Crippen LogP contribution in [0.3, 0.4) is 0 Å². The summed E-state index contributed by atoms with van der Waals surface area (Å²) in [7, 11) is 1.41. The maximum atomic E-state index is 13.9. The second-order valence-corrected chi connectivity index (χ2v) is 8.73. The molecular weight excluding hydrogens is 415 g/mol. The molecule has 1 aliphatic heterocycles. The third-order valence-corrected chi connectivity index (χ3v) is 5.22. The number of benzene rings is 1. The third-order valence-electron chi connectivity index (χ3n) is 5.22. The van der Waals surface area contributed by atoms with E-state index in [-0.39, 0.29) is 23.6 Å². The van der Waals surface area contributed by atoms with Gasteiger partial charge in [0.2, 0.25) is 0 Å². The Bertz CT molecular complexity index is 1000. The zero-order valence-corrected chi connectivity index (χ0v) is 18.8. The van der Waals surface area contributed by atoms with E-state index in [0.29, 0.717) is 37.3 Å². The van der Waals surface area contributed by atoms with E-state index in [4.69, 9.17) is 4.74 Å². The van der Waals surface area contributed by atoms with Crippen LogP contribution in [0.25, 0.3) is 0 Å². The lowest BCUT2D eigenvalue weighted by Gasteiger charge is -2.34. The van der Waals surface area contributed by atoms with Crippen LogP contribution < -0.4 is 10.6 Å². The smallest absolute Gasteiger partial charge is 0.410 e. The molecule has 9 heteroatoms. The van der Waals surface area contributed by atoms with Crippen LogP contribution in [0.1, 0.15) is 60.5 Å². The fourth-order valence-corrected chi connectivity index (χ4v) is 3.66. The van der Waals surface area contributed by atoms with Gasteiger partial charge < -0.3 is 24.8 Å². The summed E-state index contributed by atoms with van der Waals surface area (Å²) >= 11 is 0. The summed E-state index contributed by atoms with van der Waals surface area (Å²) in [5, 5.41) is 5.11. The molecule has 2 heterocycles. The average molecular weight is 445 g/mol. The number of carbonyl (C=O) groups is 3. The van der Waals surface area contributed by atoms with Crippen LogP contribution in [0, 0.1) is 5.82 Å². The van der Waals surface area contributed by atoms with Gasteiger partial charge >= 0.3 is 6.09 Å². The van der Waals surface area contributed by atoms with Crippen LogP contribution in [0.5, 0.6) is 0 Å². The number of hydrogen-bond acceptors (Lipinski definition) is 4. The third kappa shape index (κ3) is 5.46. The standard InChI is InChI=1S/C23H29FN4O4/c1-23(2,3)32-22(31)27-12-9-16(10-13-27)28-11-5-6-19(28)21(30)26-15-7-8-18(24)17(14-15)20(29)25-4/h5-8,11,14,16H,9-10,12-13H2,1-4H3,(H,25,29)(H,26,30). The molecule has 1 saturated heterocycles. The highest BCUT2D eigenvalue weighted by Gasteiger charge is 2.28. The van der Waals surface area contributed by atoms with Crippen LogP contribution in [0.15, 0.2) is 36.5 Å². The minimum atomic E-state index is -0.664. The minimum absolute atomic E-state index is 0.0547. The van der Waals surface area contributed by atoms with Crippen molar-refractivity contribution < 1.29 is 23.5 Å². The molecule has 0 aliphatic carbocycles. The van der Waals surface area contributed by atoms with Gasteiger partial charge in [-0.1, -0.05) is 0 Å². The Balaban J connectivity index is 1.67. The molecule has 0 spiro atoms. The highest BCUT2D eigenvalue weighted by Crippen LogP contribution is 2.26. The van der Waals surface area contributed by atoms with Gasteiger partial charge in [-0.25, -0.2) is 9.18 Å². The van der Waals surface area contributed by atoms with Crippen molar-refractivity contribution in [1.82, 2.24) is 14.8 Å². The lowest BCUT2D eigenvalue weighted by molar-refractivity contribution is 0.0187. The van der Waals surface area contributed by atoms with Crippen molar-refractivity contribution in [3.05, 3.63) is 53.6 Å². The molecule has 1 aliphatic rings. The summed E-state index contributed by atoms with van der Waals surface area (Å²) in [6, 6.07) is 7.41. The number of carbonyl (C=O) groups excluding carboxylic acids is 3. The Morgan fingerprint density at radius 1 is 1.09 bits per heavy atom. The molecule has 1 aromatic carbocycles. The molecule has 0 atom stereocenters. The number of likely N-dealkylation sites (tertiary alicyclic amines) is 1. The second kappa shape index (κ2) is 9.42. The van der Waals surface area contributed by atoms with E-state index in [1.54, 1.807) is 17.0 Å². The van der Waals surface area contributed by atoms with Crippen molar-refractivity contribution in [1.29, 1.82) is 0 Å². The molecule has 3 amide bonds. The monoisotopic (exact) mass is 444 g/mol. The first kappa shape index (κ1) is 23.3. The number of amides is 3. The summed E-state index contributed by atoms with van der Waals surface area (Å²) in [4.78, 5) is 38.7. The highest BCUT2D eigenvalue weighted by atomic mass is 19.1. The van der Waals surface area contributed by atoms with Crippen LogP contribution >= 0.6 is 0 Å². The van der Waals surface area contributed by atoms with Crippen LogP contribution in [0.4, 0.5) is 14.9 Å². The van der Waals surface area contributed by atoms with Gasteiger partial charge in [-0.3, -0.25) is 9.59 Å². The number of piperidine rings is 1. The predicted octanol–water partition coefficient (Wildman–Crippen LogP) is 3.81. The Morgan fingerprint density at radius 3 is 2.41 bits per heavy atom. The Kier molecular flexibility index (Phi) is 6.86. The van der Waals surface area contributed by atoms with Gasteiger partial charge in [0.05, 0.1) is 5.56 Å². The van der Waals surface area contributed by atoms with Gasteiger partial charge in [-0.05, 0) is 63.9 Å². The van der Waals surface area contributed by atoms with E-state index in [0.717, 1.165) is 6.07 Å². The van der Waals surface area contributed by atoms with E-state index in [9.17, 15) is 18.8 Å². The molecule has 8 nitrogen and oxygen atoms in total. The first-order valence-electron chi connectivity index (χ1n) is 10.6. The largest absolute Gasteiger partial charge is 0.444 e. The summed E-state index contributed by atoms with van der Waals surface area (Å²) in [5.41, 5.74) is 0.0849. The normalized spacial score (nSPS) is 14.7. The maximum Gasteiger partial charge on any atom is 0.410 e. The van der Waals surface area contributed by atoms with Crippen molar-refractivity contribution in [2.75, 3.05) is 25.5 Å². The molecule has 0 saturated carbocycles. The minimum Gasteiger partial charge on any atom is -0.444 e. The van der Waals surface area contributed by atoms with Gasteiger partial charge in [0.15, 0.2) is 0 Å². The predicted molar refractivity (Wildman–Crippen MR) is 118 cm³/mol. The average Bonchev–Trinajstić information content (AvgIpc) is 3.23. The summed E-state index contributed by atoms with van der Waals surface area (Å²) < 4.78 is 21.2. The van der Waals surface area contributed by atoms with Crippen molar-refractivity contribution in [3.63, 3.8) is 0 Å². The number of halogens is 1. The van der Waals surface area contributed by atoms with E-state index < -0.39 is 17.3 Å². The number of anilines is 1. The molecule has 0 bridgehead atoms. The number of nitrogens with one attached hydrogen (secondary N) is 2. The van der Waals surface area contributed by atoms with Crippen LogP contribution in [-0.4, -0.2) is 53.1 Å². The molecule has 0 unspecified atom stereocenters. The lowest BCUT2D eigenvalue weighted by atomic mass is 10.0. The van der Waals surface area contributed by atoms with Crippen molar-refractivity contribution in [2.24, 2.45) is 0 Å². The van der Waals surface area contributed by atoms with Gasteiger partial charge in [-0.15, -0.1) is 0 Å². The molecular formula is C23H29FN4O4. The summed E-state index contributed by atoms with van der Waals surface area (Å²) in [5.74, 6) is -1.60. The topological polar surface area (TPSA) is 92.7 Å². The number of hydrogen-bond donors (Lipinski definition) is 2. The SMILES string of the molecule is CNC(=O)c1cc(NC(=O)c2cccn2C2CCN(C(=O)OC(C)(C)C)CC2)ccc1F. The first-order chi connectivity index (χ1) is 15.1. The maximum absolute atomic E-state index is 13.9. The molecule has 2 aromatic rings. The van der Waals surface area contributed by atoms with Crippen molar-refractivity contribution >= 4 is 23.6 Å². The van der Waals surface area contributed by atoms with Crippen LogP contribution in [0.2, 0.25) is 0 Å². The number of nitrogens with zero attached hydrogens (tertiary/aromatic N) is 2. The molecule has 3 rings (SSSR count). The number of rotatable bonds is 4. The second-order valence-electron chi connectivity index (χ2n) is 8.73. The number of aromatic nitrogens is 1. The van der Waals surface area contributed by atoms with Gasteiger partial charge in [0.1, 0.15) is 17.1 Å². The van der Waals surface area contributed by atoms with Gasteiger partial charge in [-0.2, -0.15) is 0 Å².